The highest BCUT2D eigenvalue weighted by molar-refractivity contribution is 7.82. The van der Waals surface area contributed by atoms with Crippen molar-refractivity contribution < 1.29 is 8.39 Å². The highest BCUT2D eigenvalue weighted by Crippen LogP contribution is 2.32. The third-order valence-electron chi connectivity index (χ3n) is 6.13. The van der Waals surface area contributed by atoms with E-state index in [9.17, 15) is 4.21 Å². The Hall–Kier alpha value is -3.48. The van der Waals surface area contributed by atoms with Gasteiger partial charge in [-0.1, -0.05) is 66.2 Å². The van der Waals surface area contributed by atoms with Crippen LogP contribution >= 0.6 is 11.6 Å². The van der Waals surface area contributed by atoms with Gasteiger partial charge in [-0.2, -0.15) is 4.21 Å². The Kier molecular flexibility index (Phi) is 6.41. The van der Waals surface area contributed by atoms with Gasteiger partial charge in [0.2, 0.25) is 0 Å². The van der Waals surface area contributed by atoms with E-state index in [0.29, 0.717) is 16.6 Å². The number of rotatable bonds is 7. The van der Waals surface area contributed by atoms with E-state index < -0.39 is 11.3 Å². The molecule has 0 amide bonds. The maximum absolute atomic E-state index is 12.6. The van der Waals surface area contributed by atoms with Crippen LogP contribution in [0.4, 0.5) is 5.69 Å². The van der Waals surface area contributed by atoms with Crippen LogP contribution < -0.4 is 8.91 Å². The molecule has 0 aliphatic rings. The molecule has 35 heavy (non-hydrogen) atoms. The van der Waals surface area contributed by atoms with Crippen molar-refractivity contribution >= 4 is 34.2 Å². The minimum atomic E-state index is -1.73. The minimum absolute atomic E-state index is 0.600. The van der Waals surface area contributed by atoms with Gasteiger partial charge in [0.15, 0.2) is 0 Å². The largest absolute Gasteiger partial charge is 0.385 e. The lowest BCUT2D eigenvalue weighted by molar-refractivity contribution is 0.563. The van der Waals surface area contributed by atoms with E-state index in [0.717, 1.165) is 45.6 Å². The van der Waals surface area contributed by atoms with Crippen LogP contribution in [-0.2, 0) is 17.7 Å². The Morgan fingerprint density at radius 1 is 1.00 bits per heavy atom. The molecule has 2 aromatic heterocycles. The predicted molar refractivity (Wildman–Crippen MR) is 144 cm³/mol. The molecule has 1 unspecified atom stereocenters. The summed E-state index contributed by atoms with van der Waals surface area (Å²) in [7, 11) is 0. The molecule has 0 radical (unpaired) electrons. The molecule has 5 aromatic rings. The van der Waals surface area contributed by atoms with E-state index >= 15 is 0 Å². The van der Waals surface area contributed by atoms with E-state index in [1.54, 1.807) is 0 Å². The second-order valence-corrected chi connectivity index (χ2v) is 9.91. The number of nitrogens with one attached hydrogen (secondary N) is 2. The molecule has 0 aliphatic carbocycles. The number of imidazole rings is 1. The number of halogens is 1. The first-order valence-electron chi connectivity index (χ1n) is 11.4. The fourth-order valence-electron chi connectivity index (χ4n) is 4.18. The zero-order valence-electron chi connectivity index (χ0n) is 19.8. The summed E-state index contributed by atoms with van der Waals surface area (Å²) in [4.78, 5) is 3.50. The maximum Gasteiger partial charge on any atom is 0.316 e. The van der Waals surface area contributed by atoms with Crippen molar-refractivity contribution in [3.05, 3.63) is 112 Å². The molecular formula is C28H26ClN3O2S. The van der Waals surface area contributed by atoms with Gasteiger partial charge in [-0.05, 0) is 66.8 Å². The van der Waals surface area contributed by atoms with Gasteiger partial charge in [0.05, 0.1) is 11.4 Å². The molecule has 2 heterocycles. The number of hydrogen-bond acceptors (Lipinski definition) is 2. The molecule has 3 aromatic carbocycles. The van der Waals surface area contributed by atoms with Crippen LogP contribution in [0, 0.1) is 20.8 Å². The van der Waals surface area contributed by atoms with Crippen LogP contribution in [0.2, 0.25) is 5.15 Å². The van der Waals surface area contributed by atoms with E-state index in [1.165, 1.54) is 5.56 Å². The van der Waals surface area contributed by atoms with E-state index in [-0.39, 0.29) is 0 Å². The maximum atomic E-state index is 12.6. The lowest BCUT2D eigenvalue weighted by Gasteiger charge is -2.10. The minimum Gasteiger partial charge on any atom is -0.385 e. The Bertz CT molecular complexity index is 1500. The van der Waals surface area contributed by atoms with Gasteiger partial charge in [0.25, 0.3) is 0 Å². The summed E-state index contributed by atoms with van der Waals surface area (Å²) in [6, 6.07) is 23.9. The van der Waals surface area contributed by atoms with Gasteiger partial charge in [0, 0.05) is 18.2 Å². The third-order valence-corrected chi connectivity index (χ3v) is 7.27. The van der Waals surface area contributed by atoms with E-state index in [2.05, 4.69) is 28.8 Å². The monoisotopic (exact) mass is 503 g/mol. The van der Waals surface area contributed by atoms with Gasteiger partial charge < -0.3 is 9.17 Å². The molecule has 0 aliphatic heterocycles. The van der Waals surface area contributed by atoms with E-state index in [1.807, 2.05) is 85.1 Å². The molecule has 0 spiro atoms. The standard InChI is InChI=1S/C28H26ClN3O2S/c1-18-12-13-19(2)26(14-18)34-35(33)31-23-11-7-10-22(16-23)25-17-32-27(29)24(20(3)28(32)30-25)15-21-8-5-4-6-9-21/h4-14,16-17,30-31H,15H2,1-3H3. The van der Waals surface area contributed by atoms with Crippen molar-refractivity contribution in [3.63, 3.8) is 0 Å². The first kappa shape index (κ1) is 23.3. The van der Waals surface area contributed by atoms with Crippen LogP contribution in [0.25, 0.3) is 16.9 Å². The highest BCUT2D eigenvalue weighted by atomic mass is 35.5. The highest BCUT2D eigenvalue weighted by Gasteiger charge is 2.17. The normalized spacial score (nSPS) is 12.1. The quantitative estimate of drug-likeness (QED) is 0.247. The number of aromatic nitrogens is 2. The van der Waals surface area contributed by atoms with Crippen LogP contribution in [0.3, 0.4) is 0 Å². The SMILES string of the molecule is Cc1ccc(C)c(OS(=O)Nc2cccc(-c3cn4c(Cl)c(Cc5ccccc5)c(C)c4[nH]3)c2)c1. The van der Waals surface area contributed by atoms with Crippen molar-refractivity contribution in [2.75, 3.05) is 4.72 Å². The number of aromatic amines is 1. The molecular weight excluding hydrogens is 478 g/mol. The van der Waals surface area contributed by atoms with Crippen LogP contribution in [0.1, 0.15) is 27.8 Å². The van der Waals surface area contributed by atoms with Crippen molar-refractivity contribution in [3.8, 4) is 17.0 Å². The fraction of sp³-hybridized carbons (Fsp3) is 0.143. The van der Waals surface area contributed by atoms with Gasteiger partial charge >= 0.3 is 11.3 Å². The summed E-state index contributed by atoms with van der Waals surface area (Å²) in [5.41, 5.74) is 8.97. The van der Waals surface area contributed by atoms with Gasteiger partial charge in [0.1, 0.15) is 16.5 Å². The van der Waals surface area contributed by atoms with Gasteiger partial charge in [-0.25, -0.2) is 0 Å². The lowest BCUT2D eigenvalue weighted by atomic mass is 10.0. The Morgan fingerprint density at radius 2 is 1.80 bits per heavy atom. The number of hydrogen-bond donors (Lipinski definition) is 2. The van der Waals surface area contributed by atoms with Crippen LogP contribution in [-0.4, -0.2) is 13.6 Å². The first-order chi connectivity index (χ1) is 16.9. The molecule has 0 saturated carbocycles. The van der Waals surface area contributed by atoms with Gasteiger partial charge in [-0.15, -0.1) is 0 Å². The summed E-state index contributed by atoms with van der Waals surface area (Å²) in [5, 5.41) is 0.709. The molecule has 1 atom stereocenters. The van der Waals surface area contributed by atoms with Crippen molar-refractivity contribution in [1.29, 1.82) is 0 Å². The average Bonchev–Trinajstić information content (AvgIpc) is 3.38. The molecule has 7 heteroatoms. The topological polar surface area (TPSA) is 58.5 Å². The van der Waals surface area contributed by atoms with Crippen molar-refractivity contribution in [2.45, 2.75) is 27.2 Å². The summed E-state index contributed by atoms with van der Waals surface area (Å²) in [5.74, 6) is 0.600. The Balaban J connectivity index is 1.37. The smallest absolute Gasteiger partial charge is 0.316 e. The number of fused-ring (bicyclic) bond motifs is 1. The molecule has 0 bridgehead atoms. The summed E-state index contributed by atoms with van der Waals surface area (Å²) in [6.45, 7) is 5.99. The zero-order chi connectivity index (χ0) is 24.5. The average molecular weight is 504 g/mol. The zero-order valence-corrected chi connectivity index (χ0v) is 21.3. The molecule has 178 valence electrons. The number of aryl methyl sites for hydroxylation is 3. The Morgan fingerprint density at radius 3 is 2.57 bits per heavy atom. The predicted octanol–water partition coefficient (Wildman–Crippen LogP) is 7.17. The second-order valence-electron chi connectivity index (χ2n) is 8.71. The third kappa shape index (κ3) is 4.85. The number of nitrogens with zero attached hydrogens (tertiary/aromatic N) is 1. The number of anilines is 1. The molecule has 5 nitrogen and oxygen atoms in total. The van der Waals surface area contributed by atoms with Gasteiger partial charge in [-0.3, -0.25) is 9.12 Å². The Labute approximate surface area is 212 Å². The fourth-order valence-corrected chi connectivity index (χ4v) is 5.23. The first-order valence-corrected chi connectivity index (χ1v) is 12.8. The summed E-state index contributed by atoms with van der Waals surface area (Å²) < 4.78 is 23.2. The second kappa shape index (κ2) is 9.64. The number of benzene rings is 3. The summed E-state index contributed by atoms with van der Waals surface area (Å²) >= 11 is 5.06. The summed E-state index contributed by atoms with van der Waals surface area (Å²) in [6.07, 6.45) is 2.78. The molecule has 2 N–H and O–H groups in total. The molecule has 0 saturated heterocycles. The molecule has 0 fully saturated rings. The van der Waals surface area contributed by atoms with Crippen LogP contribution in [0.15, 0.2) is 79.0 Å². The van der Waals surface area contributed by atoms with Crippen LogP contribution in [0.5, 0.6) is 5.75 Å². The van der Waals surface area contributed by atoms with Crippen molar-refractivity contribution in [1.82, 2.24) is 9.38 Å². The van der Waals surface area contributed by atoms with Crippen molar-refractivity contribution in [2.24, 2.45) is 0 Å². The number of H-pyrrole nitrogens is 1. The molecule has 5 rings (SSSR count). The lowest BCUT2D eigenvalue weighted by Crippen LogP contribution is -2.11. The van der Waals surface area contributed by atoms with E-state index in [4.69, 9.17) is 15.8 Å².